The Morgan fingerprint density at radius 2 is 2.13 bits per heavy atom. The topological polar surface area (TPSA) is 53.6 Å². The van der Waals surface area contributed by atoms with Gasteiger partial charge in [0.05, 0.1) is 24.6 Å². The van der Waals surface area contributed by atoms with Gasteiger partial charge in [-0.05, 0) is 25.0 Å². The van der Waals surface area contributed by atoms with Crippen LogP contribution in [-0.4, -0.2) is 44.8 Å². The lowest BCUT2D eigenvalue weighted by molar-refractivity contribution is -0.117. The molecule has 126 valence electrons. The molecule has 1 aliphatic carbocycles. The predicted molar refractivity (Wildman–Crippen MR) is 93.0 cm³/mol. The summed E-state index contributed by atoms with van der Waals surface area (Å²) in [4.78, 5) is 14.7. The molecule has 1 unspecified atom stereocenters. The van der Waals surface area contributed by atoms with Gasteiger partial charge in [0.15, 0.2) is 0 Å². The lowest BCUT2D eigenvalue weighted by atomic mass is 10.1. The molecule has 2 aliphatic rings. The van der Waals surface area contributed by atoms with E-state index in [-0.39, 0.29) is 11.9 Å². The number of ether oxygens (including phenoxy) is 1. The normalized spacial score (nSPS) is 22.0. The van der Waals surface area contributed by atoms with Crippen LogP contribution in [0.2, 0.25) is 0 Å². The number of morpholine rings is 1. The molecular weight excluding hydrogens is 290 g/mol. The highest BCUT2D eigenvalue weighted by atomic mass is 16.5. The highest BCUT2D eigenvalue weighted by Crippen LogP contribution is 2.31. The maximum absolute atomic E-state index is 12.4. The largest absolute Gasteiger partial charge is 0.378 e. The van der Waals surface area contributed by atoms with Gasteiger partial charge in [0.1, 0.15) is 0 Å². The van der Waals surface area contributed by atoms with Gasteiger partial charge in [0.25, 0.3) is 0 Å². The standard InChI is InChI=1S/C18H27N3O2/c1-21(15-6-2-3-7-15)17-9-5-4-8-16(17)20-18(22)12-14-13-23-11-10-19-14/h4-5,8-9,14-15,19H,2-3,6-7,10-13H2,1H3,(H,20,22). The number of hydrogen-bond donors (Lipinski definition) is 2. The smallest absolute Gasteiger partial charge is 0.226 e. The van der Waals surface area contributed by atoms with Gasteiger partial charge in [-0.2, -0.15) is 0 Å². The van der Waals surface area contributed by atoms with Crippen molar-refractivity contribution in [3.63, 3.8) is 0 Å². The maximum Gasteiger partial charge on any atom is 0.226 e. The van der Waals surface area contributed by atoms with Crippen LogP contribution in [0.25, 0.3) is 0 Å². The Hall–Kier alpha value is -1.59. The number of hydrogen-bond acceptors (Lipinski definition) is 4. The lowest BCUT2D eigenvalue weighted by Gasteiger charge is -2.29. The highest BCUT2D eigenvalue weighted by molar-refractivity contribution is 5.94. The summed E-state index contributed by atoms with van der Waals surface area (Å²) in [6.07, 6.45) is 5.53. The number of rotatable bonds is 5. The van der Waals surface area contributed by atoms with Gasteiger partial charge in [-0.3, -0.25) is 4.79 Å². The van der Waals surface area contributed by atoms with Crippen molar-refractivity contribution in [1.82, 2.24) is 5.32 Å². The molecule has 23 heavy (non-hydrogen) atoms. The zero-order valence-corrected chi connectivity index (χ0v) is 13.9. The average Bonchev–Trinajstić information content (AvgIpc) is 3.10. The Morgan fingerprint density at radius 1 is 1.35 bits per heavy atom. The average molecular weight is 317 g/mol. The summed E-state index contributed by atoms with van der Waals surface area (Å²) in [6, 6.07) is 8.79. The fourth-order valence-corrected chi connectivity index (χ4v) is 3.55. The van der Waals surface area contributed by atoms with E-state index in [1.54, 1.807) is 0 Å². The molecule has 3 rings (SSSR count). The third-order valence-electron chi connectivity index (χ3n) is 4.86. The van der Waals surface area contributed by atoms with Crippen molar-refractivity contribution in [3.05, 3.63) is 24.3 Å². The number of para-hydroxylation sites is 2. The van der Waals surface area contributed by atoms with Gasteiger partial charge < -0.3 is 20.3 Å². The molecule has 2 N–H and O–H groups in total. The Bertz CT molecular complexity index is 523. The van der Waals surface area contributed by atoms with Crippen LogP contribution in [0.15, 0.2) is 24.3 Å². The van der Waals surface area contributed by atoms with Crippen molar-refractivity contribution in [1.29, 1.82) is 0 Å². The van der Waals surface area contributed by atoms with Gasteiger partial charge in [-0.1, -0.05) is 25.0 Å². The molecule has 1 amide bonds. The van der Waals surface area contributed by atoms with E-state index in [9.17, 15) is 4.79 Å². The van der Waals surface area contributed by atoms with E-state index in [0.717, 1.165) is 24.5 Å². The first-order valence-electron chi connectivity index (χ1n) is 8.67. The third-order valence-corrected chi connectivity index (χ3v) is 4.86. The van der Waals surface area contributed by atoms with E-state index in [1.165, 1.54) is 25.7 Å². The van der Waals surface area contributed by atoms with Gasteiger partial charge in [0, 0.05) is 32.1 Å². The lowest BCUT2D eigenvalue weighted by Crippen LogP contribution is -2.43. The molecule has 2 fully saturated rings. The summed E-state index contributed by atoms with van der Waals surface area (Å²) in [5.74, 6) is 0.0419. The molecule has 0 spiro atoms. The minimum atomic E-state index is 0.0419. The van der Waals surface area contributed by atoms with E-state index in [1.807, 2.05) is 18.2 Å². The van der Waals surface area contributed by atoms with Gasteiger partial charge in [-0.25, -0.2) is 0 Å². The first kappa shape index (κ1) is 16.3. The van der Waals surface area contributed by atoms with Crippen LogP contribution in [0.3, 0.4) is 0 Å². The monoisotopic (exact) mass is 317 g/mol. The fourth-order valence-electron chi connectivity index (χ4n) is 3.55. The number of carbonyl (C=O) groups is 1. The van der Waals surface area contributed by atoms with Crippen LogP contribution >= 0.6 is 0 Å². The molecule has 0 radical (unpaired) electrons. The molecule has 1 saturated heterocycles. The molecule has 1 aliphatic heterocycles. The van der Waals surface area contributed by atoms with Crippen LogP contribution in [-0.2, 0) is 9.53 Å². The van der Waals surface area contributed by atoms with Crippen molar-refractivity contribution >= 4 is 17.3 Å². The fraction of sp³-hybridized carbons (Fsp3) is 0.611. The Morgan fingerprint density at radius 3 is 2.87 bits per heavy atom. The van der Waals surface area contributed by atoms with E-state index < -0.39 is 0 Å². The van der Waals surface area contributed by atoms with Crippen LogP contribution in [0.5, 0.6) is 0 Å². The molecule has 1 aromatic rings. The summed E-state index contributed by atoms with van der Waals surface area (Å²) in [6.45, 7) is 2.16. The summed E-state index contributed by atoms with van der Waals surface area (Å²) >= 11 is 0. The predicted octanol–water partition coefficient (Wildman–Crippen LogP) is 2.38. The molecule has 5 nitrogen and oxygen atoms in total. The second kappa shape index (κ2) is 7.79. The van der Waals surface area contributed by atoms with E-state index in [4.69, 9.17) is 4.74 Å². The van der Waals surface area contributed by atoms with Crippen LogP contribution in [0.1, 0.15) is 32.1 Å². The van der Waals surface area contributed by atoms with Crippen molar-refractivity contribution in [2.75, 3.05) is 37.0 Å². The van der Waals surface area contributed by atoms with Gasteiger partial charge in [0.2, 0.25) is 5.91 Å². The first-order chi connectivity index (χ1) is 11.2. The summed E-state index contributed by atoms with van der Waals surface area (Å²) in [7, 11) is 2.14. The Balaban J connectivity index is 1.63. The number of nitrogens with zero attached hydrogens (tertiary/aromatic N) is 1. The first-order valence-corrected chi connectivity index (χ1v) is 8.67. The number of anilines is 2. The highest BCUT2D eigenvalue weighted by Gasteiger charge is 2.22. The number of nitrogens with one attached hydrogen (secondary N) is 2. The number of carbonyl (C=O) groups excluding carboxylic acids is 1. The van der Waals surface area contributed by atoms with Crippen LogP contribution < -0.4 is 15.5 Å². The van der Waals surface area contributed by atoms with Gasteiger partial charge >= 0.3 is 0 Å². The molecule has 0 aromatic heterocycles. The molecule has 5 heteroatoms. The molecule has 1 saturated carbocycles. The Kier molecular flexibility index (Phi) is 5.51. The summed E-state index contributed by atoms with van der Waals surface area (Å²) < 4.78 is 5.41. The number of benzene rings is 1. The number of amides is 1. The zero-order valence-electron chi connectivity index (χ0n) is 13.9. The molecule has 1 atom stereocenters. The molecule has 1 heterocycles. The zero-order chi connectivity index (χ0) is 16.1. The Labute approximate surface area is 138 Å². The van der Waals surface area contributed by atoms with Crippen molar-refractivity contribution in [3.8, 4) is 0 Å². The minimum absolute atomic E-state index is 0.0419. The molecular formula is C18H27N3O2. The van der Waals surface area contributed by atoms with Crippen LogP contribution in [0.4, 0.5) is 11.4 Å². The van der Waals surface area contributed by atoms with E-state index in [2.05, 4.69) is 28.6 Å². The summed E-state index contributed by atoms with van der Waals surface area (Å²) in [5, 5.41) is 6.41. The maximum atomic E-state index is 12.4. The summed E-state index contributed by atoms with van der Waals surface area (Å²) in [5.41, 5.74) is 2.02. The van der Waals surface area contributed by atoms with Crippen molar-refractivity contribution < 1.29 is 9.53 Å². The van der Waals surface area contributed by atoms with Crippen molar-refractivity contribution in [2.45, 2.75) is 44.2 Å². The van der Waals surface area contributed by atoms with Crippen LogP contribution in [0, 0.1) is 0 Å². The van der Waals surface area contributed by atoms with E-state index in [0.29, 0.717) is 19.1 Å². The van der Waals surface area contributed by atoms with E-state index >= 15 is 0 Å². The second-order valence-corrected chi connectivity index (χ2v) is 6.54. The minimum Gasteiger partial charge on any atom is -0.378 e. The quantitative estimate of drug-likeness (QED) is 0.875. The van der Waals surface area contributed by atoms with Gasteiger partial charge in [-0.15, -0.1) is 0 Å². The third kappa shape index (κ3) is 4.24. The second-order valence-electron chi connectivity index (χ2n) is 6.54. The molecule has 1 aromatic carbocycles. The molecule has 0 bridgehead atoms. The SMILES string of the molecule is CN(c1ccccc1NC(=O)CC1COCCN1)C1CCCC1. The van der Waals surface area contributed by atoms with Crippen molar-refractivity contribution in [2.24, 2.45) is 0 Å².